The molecule has 1 N–H and O–H groups in total. The lowest BCUT2D eigenvalue weighted by atomic mass is 9.93. The van der Waals surface area contributed by atoms with Gasteiger partial charge in [0, 0.05) is 18.5 Å². The Labute approximate surface area is 168 Å². The molecule has 4 nitrogen and oxygen atoms in total. The Hall–Kier alpha value is -3.47. The average Bonchev–Trinajstić information content (AvgIpc) is 2.75. The number of carbonyl (C=O) groups excluding carboxylic acids is 2. The summed E-state index contributed by atoms with van der Waals surface area (Å²) in [6.45, 7) is 0.441. The maximum absolute atomic E-state index is 13.0. The molecule has 3 aromatic rings. The van der Waals surface area contributed by atoms with Gasteiger partial charge in [0.2, 0.25) is 0 Å². The molecule has 0 unspecified atom stereocenters. The normalized spacial score (nSPS) is 15.3. The van der Waals surface area contributed by atoms with E-state index in [0.29, 0.717) is 30.5 Å². The van der Waals surface area contributed by atoms with Gasteiger partial charge in [-0.3, -0.25) is 4.79 Å². The highest BCUT2D eigenvalue weighted by Crippen LogP contribution is 2.31. The van der Waals surface area contributed by atoms with Gasteiger partial charge >= 0.3 is 5.97 Å². The molecule has 3 aromatic carbocycles. The highest BCUT2D eigenvalue weighted by atomic mass is 19.1. The Balaban J connectivity index is 1.43. The molecule has 1 aliphatic heterocycles. The van der Waals surface area contributed by atoms with E-state index in [9.17, 15) is 14.0 Å². The molecule has 0 saturated heterocycles. The van der Waals surface area contributed by atoms with E-state index in [1.54, 1.807) is 30.3 Å². The second kappa shape index (κ2) is 8.27. The summed E-state index contributed by atoms with van der Waals surface area (Å²) in [5.74, 6) is -0.854. The number of rotatable bonds is 5. The van der Waals surface area contributed by atoms with Crippen molar-refractivity contribution >= 4 is 11.9 Å². The van der Waals surface area contributed by atoms with Crippen LogP contribution in [0.5, 0.6) is 0 Å². The SMILES string of the molecule is O=C(NCCc1ccc(F)cc1)c1ccc2c(c1)C[C@H](c1ccccc1)OC2=O. The molecule has 146 valence electrons. The first-order chi connectivity index (χ1) is 14.1. The highest BCUT2D eigenvalue weighted by molar-refractivity contribution is 5.97. The van der Waals surface area contributed by atoms with E-state index < -0.39 is 0 Å². The van der Waals surface area contributed by atoms with Gasteiger partial charge in [-0.15, -0.1) is 0 Å². The molecule has 5 heteroatoms. The second-order valence-corrected chi connectivity index (χ2v) is 7.01. The van der Waals surface area contributed by atoms with Crippen LogP contribution in [0.1, 0.15) is 43.5 Å². The molecule has 0 aliphatic carbocycles. The van der Waals surface area contributed by atoms with E-state index in [-0.39, 0.29) is 23.8 Å². The molecule has 1 amide bonds. The third-order valence-electron chi connectivity index (χ3n) is 5.03. The molecule has 1 atom stereocenters. The summed E-state index contributed by atoms with van der Waals surface area (Å²) in [7, 11) is 0. The lowest BCUT2D eigenvalue weighted by Crippen LogP contribution is -2.27. The molecule has 0 bridgehead atoms. The molecule has 0 aromatic heterocycles. The Morgan fingerprint density at radius 2 is 1.79 bits per heavy atom. The summed E-state index contributed by atoms with van der Waals surface area (Å²) in [6.07, 6.45) is 0.786. The van der Waals surface area contributed by atoms with Gasteiger partial charge in [-0.2, -0.15) is 0 Å². The van der Waals surface area contributed by atoms with Crippen LogP contribution in [0.25, 0.3) is 0 Å². The van der Waals surface area contributed by atoms with E-state index in [1.807, 2.05) is 30.3 Å². The van der Waals surface area contributed by atoms with Crippen LogP contribution in [0, 0.1) is 5.82 Å². The van der Waals surface area contributed by atoms with Crippen LogP contribution in [0.15, 0.2) is 72.8 Å². The highest BCUT2D eigenvalue weighted by Gasteiger charge is 2.28. The minimum atomic E-state index is -0.372. The lowest BCUT2D eigenvalue weighted by Gasteiger charge is -2.25. The summed E-state index contributed by atoms with van der Waals surface area (Å²) in [6, 6.07) is 20.8. The zero-order chi connectivity index (χ0) is 20.2. The Morgan fingerprint density at radius 1 is 1.03 bits per heavy atom. The minimum Gasteiger partial charge on any atom is -0.454 e. The number of halogens is 1. The van der Waals surface area contributed by atoms with Crippen molar-refractivity contribution in [2.24, 2.45) is 0 Å². The second-order valence-electron chi connectivity index (χ2n) is 7.01. The predicted molar refractivity (Wildman–Crippen MR) is 107 cm³/mol. The first kappa shape index (κ1) is 18.9. The van der Waals surface area contributed by atoms with Crippen LogP contribution in [0.2, 0.25) is 0 Å². The van der Waals surface area contributed by atoms with Gasteiger partial charge in [0.15, 0.2) is 0 Å². The molecule has 4 rings (SSSR count). The van der Waals surface area contributed by atoms with Gasteiger partial charge in [0.05, 0.1) is 5.56 Å². The van der Waals surface area contributed by atoms with Crippen LogP contribution < -0.4 is 5.32 Å². The lowest BCUT2D eigenvalue weighted by molar-refractivity contribution is 0.0252. The van der Waals surface area contributed by atoms with Gasteiger partial charge in [-0.05, 0) is 53.4 Å². The zero-order valence-corrected chi connectivity index (χ0v) is 15.7. The number of cyclic esters (lactones) is 1. The largest absolute Gasteiger partial charge is 0.454 e. The monoisotopic (exact) mass is 389 g/mol. The number of amides is 1. The summed E-state index contributed by atoms with van der Waals surface area (Å²) in [5.41, 5.74) is 3.69. The summed E-state index contributed by atoms with van der Waals surface area (Å²) >= 11 is 0. The summed E-state index contributed by atoms with van der Waals surface area (Å²) in [5, 5.41) is 2.87. The number of carbonyl (C=O) groups is 2. The summed E-state index contributed by atoms with van der Waals surface area (Å²) < 4.78 is 18.5. The van der Waals surface area contributed by atoms with Crippen LogP contribution in [-0.4, -0.2) is 18.4 Å². The van der Waals surface area contributed by atoms with E-state index in [2.05, 4.69) is 5.32 Å². The van der Waals surface area contributed by atoms with Gasteiger partial charge in [0.25, 0.3) is 5.91 Å². The van der Waals surface area contributed by atoms with E-state index in [4.69, 9.17) is 4.74 Å². The number of benzene rings is 3. The number of ether oxygens (including phenoxy) is 1. The number of nitrogens with one attached hydrogen (secondary N) is 1. The van der Waals surface area contributed by atoms with Crippen molar-refractivity contribution in [3.8, 4) is 0 Å². The fraction of sp³-hybridized carbons (Fsp3) is 0.167. The fourth-order valence-corrected chi connectivity index (χ4v) is 3.46. The van der Waals surface area contributed by atoms with Crippen LogP contribution in [-0.2, 0) is 17.6 Å². The van der Waals surface area contributed by atoms with Gasteiger partial charge in [-0.25, -0.2) is 9.18 Å². The van der Waals surface area contributed by atoms with Crippen molar-refractivity contribution in [1.29, 1.82) is 0 Å². The van der Waals surface area contributed by atoms with Crippen LogP contribution in [0.4, 0.5) is 4.39 Å². The zero-order valence-electron chi connectivity index (χ0n) is 15.7. The number of hydrogen-bond acceptors (Lipinski definition) is 3. The van der Waals surface area contributed by atoms with Crippen molar-refractivity contribution in [2.75, 3.05) is 6.54 Å². The topological polar surface area (TPSA) is 55.4 Å². The third-order valence-corrected chi connectivity index (χ3v) is 5.03. The Bertz CT molecular complexity index is 1030. The molecule has 0 saturated carbocycles. The van der Waals surface area contributed by atoms with Gasteiger partial charge in [-0.1, -0.05) is 42.5 Å². The molecule has 1 heterocycles. The first-order valence-corrected chi connectivity index (χ1v) is 9.51. The maximum atomic E-state index is 13.0. The van der Waals surface area contributed by atoms with E-state index >= 15 is 0 Å². The standard InChI is InChI=1S/C24H20FNO3/c25-20-9-6-16(7-10-20)12-13-26-23(27)18-8-11-21-19(14-18)15-22(29-24(21)28)17-4-2-1-3-5-17/h1-11,14,22H,12-13,15H2,(H,26,27)/t22-/m1/s1. The number of hydrogen-bond donors (Lipinski definition) is 1. The van der Waals surface area contributed by atoms with Crippen LogP contribution in [0.3, 0.4) is 0 Å². The van der Waals surface area contributed by atoms with Crippen molar-refractivity contribution in [3.63, 3.8) is 0 Å². The fourth-order valence-electron chi connectivity index (χ4n) is 3.46. The van der Waals surface area contributed by atoms with Crippen LogP contribution >= 0.6 is 0 Å². The first-order valence-electron chi connectivity index (χ1n) is 9.51. The smallest absolute Gasteiger partial charge is 0.339 e. The maximum Gasteiger partial charge on any atom is 0.339 e. The Morgan fingerprint density at radius 3 is 2.55 bits per heavy atom. The van der Waals surface area contributed by atoms with E-state index in [0.717, 1.165) is 16.7 Å². The molecule has 0 spiro atoms. The third kappa shape index (κ3) is 4.35. The van der Waals surface area contributed by atoms with Crippen molar-refractivity contribution in [3.05, 3.63) is 106 Å². The molecule has 0 radical (unpaired) electrons. The Kier molecular flexibility index (Phi) is 5.38. The summed E-state index contributed by atoms with van der Waals surface area (Å²) in [4.78, 5) is 24.9. The number of fused-ring (bicyclic) bond motifs is 1. The van der Waals surface area contributed by atoms with Crippen molar-refractivity contribution in [2.45, 2.75) is 18.9 Å². The van der Waals surface area contributed by atoms with Gasteiger partial charge < -0.3 is 10.1 Å². The predicted octanol–water partition coefficient (Wildman–Crippen LogP) is 4.25. The number of esters is 1. The molecule has 29 heavy (non-hydrogen) atoms. The molecule has 1 aliphatic rings. The molecular formula is C24H20FNO3. The quantitative estimate of drug-likeness (QED) is 0.664. The molecular weight excluding hydrogens is 369 g/mol. The minimum absolute atomic E-state index is 0.204. The van der Waals surface area contributed by atoms with E-state index in [1.165, 1.54) is 12.1 Å². The molecule has 0 fully saturated rings. The van der Waals surface area contributed by atoms with Crippen molar-refractivity contribution < 1.29 is 18.7 Å². The van der Waals surface area contributed by atoms with Crippen molar-refractivity contribution in [1.82, 2.24) is 5.32 Å². The van der Waals surface area contributed by atoms with Gasteiger partial charge in [0.1, 0.15) is 11.9 Å². The average molecular weight is 389 g/mol.